The largest absolute Gasteiger partial charge is 0.493 e. The smallest absolute Gasteiger partial charge is 0.328 e. The van der Waals surface area contributed by atoms with Crippen LogP contribution in [0.25, 0.3) is 6.08 Å². The van der Waals surface area contributed by atoms with Crippen molar-refractivity contribution in [3.63, 3.8) is 0 Å². The molecule has 0 aromatic heterocycles. The highest BCUT2D eigenvalue weighted by Crippen LogP contribution is 2.32. The van der Waals surface area contributed by atoms with Crippen molar-refractivity contribution in [2.45, 2.75) is 30.7 Å². The van der Waals surface area contributed by atoms with Gasteiger partial charge in [-0.15, -0.1) is 0 Å². The van der Waals surface area contributed by atoms with E-state index < -0.39 is 43.3 Å². The normalized spacial score (nSPS) is 29.6. The Balaban J connectivity index is 2.19. The van der Waals surface area contributed by atoms with Crippen molar-refractivity contribution in [3.05, 3.63) is 29.8 Å². The Morgan fingerprint density at radius 1 is 1.20 bits per heavy atom. The van der Waals surface area contributed by atoms with Gasteiger partial charge in [-0.05, 0) is 23.8 Å². The lowest BCUT2D eigenvalue weighted by Crippen LogP contribution is -2.60. The van der Waals surface area contributed by atoms with Crippen LogP contribution in [0, 0.1) is 0 Å². The average molecular weight is 356 g/mol. The number of carboxylic acid groups (broad SMARTS) is 1. The molecule has 5 atom stereocenters. The minimum absolute atomic E-state index is 0.166. The molecule has 0 bridgehead atoms. The molecule has 2 rings (SSSR count). The van der Waals surface area contributed by atoms with Crippen molar-refractivity contribution in [3.8, 4) is 11.5 Å². The first-order chi connectivity index (χ1) is 11.9. The fraction of sp³-hybridized carbons (Fsp3) is 0.438. The van der Waals surface area contributed by atoms with Crippen LogP contribution in [0.5, 0.6) is 11.5 Å². The van der Waals surface area contributed by atoms with Crippen LogP contribution in [-0.4, -0.2) is 75.9 Å². The number of methoxy groups -OCH3 is 1. The van der Waals surface area contributed by atoms with E-state index in [0.29, 0.717) is 5.56 Å². The minimum Gasteiger partial charge on any atom is -0.493 e. The predicted molar refractivity (Wildman–Crippen MR) is 84.1 cm³/mol. The van der Waals surface area contributed by atoms with Crippen molar-refractivity contribution < 1.29 is 44.5 Å². The fourth-order valence-corrected chi connectivity index (χ4v) is 2.34. The lowest BCUT2D eigenvalue weighted by molar-refractivity contribution is -0.277. The molecule has 9 nitrogen and oxygen atoms in total. The highest BCUT2D eigenvalue weighted by molar-refractivity contribution is 5.85. The van der Waals surface area contributed by atoms with E-state index in [-0.39, 0.29) is 11.5 Å². The molecule has 138 valence electrons. The maximum absolute atomic E-state index is 10.6. The molecule has 0 unspecified atom stereocenters. The second kappa shape index (κ2) is 8.28. The second-order valence-corrected chi connectivity index (χ2v) is 5.40. The fourth-order valence-electron chi connectivity index (χ4n) is 2.34. The molecule has 1 aliphatic heterocycles. The Kier molecular flexibility index (Phi) is 6.34. The van der Waals surface area contributed by atoms with Crippen LogP contribution < -0.4 is 9.47 Å². The number of ether oxygens (including phenoxy) is 3. The maximum atomic E-state index is 10.6. The van der Waals surface area contributed by atoms with Crippen LogP contribution in [0.1, 0.15) is 5.56 Å². The van der Waals surface area contributed by atoms with Crippen LogP contribution >= 0.6 is 0 Å². The van der Waals surface area contributed by atoms with E-state index in [1.165, 1.54) is 25.3 Å². The molecule has 0 aliphatic carbocycles. The van der Waals surface area contributed by atoms with Crippen LogP contribution in [0.3, 0.4) is 0 Å². The van der Waals surface area contributed by atoms with E-state index >= 15 is 0 Å². The molecular weight excluding hydrogens is 336 g/mol. The summed E-state index contributed by atoms with van der Waals surface area (Å²) in [6.45, 7) is -0.569. The number of hydrogen-bond acceptors (Lipinski definition) is 8. The van der Waals surface area contributed by atoms with Gasteiger partial charge in [-0.25, -0.2) is 4.79 Å². The van der Waals surface area contributed by atoms with E-state index in [2.05, 4.69) is 0 Å². The van der Waals surface area contributed by atoms with Crippen molar-refractivity contribution in [1.29, 1.82) is 0 Å². The Labute approximate surface area is 143 Å². The van der Waals surface area contributed by atoms with Gasteiger partial charge in [0.25, 0.3) is 0 Å². The third kappa shape index (κ3) is 4.47. The van der Waals surface area contributed by atoms with Crippen molar-refractivity contribution in [1.82, 2.24) is 0 Å². The summed E-state index contributed by atoms with van der Waals surface area (Å²) in [6.07, 6.45) is -4.69. The molecule has 0 amide bonds. The number of hydrogen-bond donors (Lipinski definition) is 5. The van der Waals surface area contributed by atoms with Gasteiger partial charge in [0.1, 0.15) is 24.4 Å². The molecule has 1 heterocycles. The van der Waals surface area contributed by atoms with Gasteiger partial charge in [-0.1, -0.05) is 6.07 Å². The highest BCUT2D eigenvalue weighted by atomic mass is 16.7. The highest BCUT2D eigenvalue weighted by Gasteiger charge is 2.44. The van der Waals surface area contributed by atoms with Crippen molar-refractivity contribution >= 4 is 12.0 Å². The number of aliphatic hydroxyl groups excluding tert-OH is 4. The summed E-state index contributed by atoms with van der Waals surface area (Å²) in [5.41, 5.74) is 0.542. The first-order valence-corrected chi connectivity index (χ1v) is 7.43. The molecule has 1 fully saturated rings. The molecule has 9 heteroatoms. The molecule has 1 aromatic rings. The van der Waals surface area contributed by atoms with E-state index in [4.69, 9.17) is 19.3 Å². The standard InChI is InChI=1S/C16H20O9/c1-23-10-6-8(3-5-12(18)19)2-4-9(10)24-16-15(22)14(21)13(20)11(7-17)25-16/h2-6,11,13-17,20-22H,7H2,1H3,(H,18,19)/b5-3-/t11-,13-,14+,15-,16-/m1/s1. The summed E-state index contributed by atoms with van der Waals surface area (Å²) in [5.74, 6) is -0.690. The lowest BCUT2D eigenvalue weighted by Gasteiger charge is -2.39. The Morgan fingerprint density at radius 3 is 2.52 bits per heavy atom. The molecule has 1 aliphatic rings. The molecular formula is C16H20O9. The number of aliphatic hydroxyl groups is 4. The minimum atomic E-state index is -1.56. The molecule has 25 heavy (non-hydrogen) atoms. The summed E-state index contributed by atoms with van der Waals surface area (Å²) < 4.78 is 15.9. The van der Waals surface area contributed by atoms with Gasteiger partial charge in [-0.3, -0.25) is 0 Å². The summed E-state index contributed by atoms with van der Waals surface area (Å²) in [4.78, 5) is 10.6. The van der Waals surface area contributed by atoms with Crippen LogP contribution in [0.4, 0.5) is 0 Å². The van der Waals surface area contributed by atoms with E-state index in [1.807, 2.05) is 0 Å². The quantitative estimate of drug-likeness (QED) is 0.404. The zero-order chi connectivity index (χ0) is 18.6. The molecule has 0 saturated carbocycles. The number of carboxylic acids is 1. The zero-order valence-corrected chi connectivity index (χ0v) is 13.3. The van der Waals surface area contributed by atoms with Gasteiger partial charge in [0.2, 0.25) is 6.29 Å². The van der Waals surface area contributed by atoms with Gasteiger partial charge in [0, 0.05) is 6.08 Å². The van der Waals surface area contributed by atoms with Gasteiger partial charge >= 0.3 is 5.97 Å². The molecule has 1 saturated heterocycles. The van der Waals surface area contributed by atoms with Gasteiger partial charge in [0.05, 0.1) is 13.7 Å². The summed E-state index contributed by atoms with van der Waals surface area (Å²) in [7, 11) is 1.38. The van der Waals surface area contributed by atoms with Crippen LogP contribution in [-0.2, 0) is 9.53 Å². The monoisotopic (exact) mass is 356 g/mol. The Bertz CT molecular complexity index is 628. The SMILES string of the molecule is COc1cc(/C=C\C(=O)O)ccc1O[C@@H]1O[C@H](CO)[C@@H](O)[C@H](O)[C@H]1O. The maximum Gasteiger partial charge on any atom is 0.328 e. The third-order valence-corrected chi connectivity index (χ3v) is 3.70. The van der Waals surface area contributed by atoms with Crippen LogP contribution in [0.2, 0.25) is 0 Å². The average Bonchev–Trinajstić information content (AvgIpc) is 2.60. The molecule has 5 N–H and O–H groups in total. The molecule has 0 radical (unpaired) electrons. The Morgan fingerprint density at radius 2 is 1.92 bits per heavy atom. The zero-order valence-electron chi connectivity index (χ0n) is 13.3. The van der Waals surface area contributed by atoms with E-state index in [0.717, 1.165) is 6.08 Å². The van der Waals surface area contributed by atoms with Gasteiger partial charge < -0.3 is 39.7 Å². The van der Waals surface area contributed by atoms with Crippen LogP contribution in [0.15, 0.2) is 24.3 Å². The van der Waals surface area contributed by atoms with Gasteiger partial charge in [0.15, 0.2) is 11.5 Å². The first kappa shape index (κ1) is 19.2. The summed E-state index contributed by atoms with van der Waals surface area (Å²) in [5, 5.41) is 47.3. The first-order valence-electron chi connectivity index (χ1n) is 7.43. The van der Waals surface area contributed by atoms with Crippen molar-refractivity contribution in [2.24, 2.45) is 0 Å². The summed E-state index contributed by atoms with van der Waals surface area (Å²) >= 11 is 0. The van der Waals surface area contributed by atoms with E-state index in [9.17, 15) is 25.2 Å². The van der Waals surface area contributed by atoms with Gasteiger partial charge in [-0.2, -0.15) is 0 Å². The predicted octanol–water partition coefficient (Wildman–Crippen LogP) is -1.03. The Hall–Kier alpha value is -2.17. The third-order valence-electron chi connectivity index (χ3n) is 3.70. The number of carbonyl (C=O) groups is 1. The number of benzene rings is 1. The molecule has 1 aromatic carbocycles. The molecule has 0 spiro atoms. The number of aliphatic carboxylic acids is 1. The topological polar surface area (TPSA) is 146 Å². The second-order valence-electron chi connectivity index (χ2n) is 5.40. The number of rotatable bonds is 6. The lowest BCUT2D eigenvalue weighted by atomic mass is 9.99. The summed E-state index contributed by atoms with van der Waals surface area (Å²) in [6, 6.07) is 4.54. The van der Waals surface area contributed by atoms with E-state index in [1.54, 1.807) is 6.07 Å². The van der Waals surface area contributed by atoms with Crippen molar-refractivity contribution in [2.75, 3.05) is 13.7 Å².